The summed E-state index contributed by atoms with van der Waals surface area (Å²) in [6, 6.07) is 17.7. The van der Waals surface area contributed by atoms with Crippen molar-refractivity contribution >= 4 is 32.6 Å². The van der Waals surface area contributed by atoms with Crippen LogP contribution in [0, 0.1) is 6.92 Å². The molecule has 5 nitrogen and oxygen atoms in total. The summed E-state index contributed by atoms with van der Waals surface area (Å²) in [6.45, 7) is 2.46. The van der Waals surface area contributed by atoms with Gasteiger partial charge in [0.05, 0.1) is 30.3 Å². The number of aryl methyl sites for hydroxylation is 1. The maximum Gasteiger partial charge on any atom is 0.233 e. The first-order chi connectivity index (χ1) is 14.1. The van der Waals surface area contributed by atoms with Gasteiger partial charge in [-0.15, -0.1) is 0 Å². The highest BCUT2D eigenvalue weighted by Gasteiger charge is 2.21. The molecular weight excluding hydrogens is 382 g/mol. The molecule has 6 heteroatoms. The van der Waals surface area contributed by atoms with Crippen LogP contribution in [-0.4, -0.2) is 23.0 Å². The number of anilines is 1. The molecule has 0 aliphatic carbocycles. The van der Waals surface area contributed by atoms with Gasteiger partial charge in [0.25, 0.3) is 0 Å². The lowest BCUT2D eigenvalue weighted by atomic mass is 10.1. The van der Waals surface area contributed by atoms with Crippen molar-refractivity contribution in [2.24, 2.45) is 0 Å². The number of amides is 1. The number of methoxy groups -OCH3 is 1. The molecule has 4 aromatic rings. The van der Waals surface area contributed by atoms with Crippen LogP contribution >= 0.6 is 11.3 Å². The molecule has 146 valence electrons. The van der Waals surface area contributed by atoms with Gasteiger partial charge in [-0.05, 0) is 36.2 Å². The Balaban J connectivity index is 1.68. The van der Waals surface area contributed by atoms with Gasteiger partial charge in [0.1, 0.15) is 5.75 Å². The number of nitrogens with zero attached hydrogens (tertiary/aromatic N) is 3. The van der Waals surface area contributed by atoms with Crippen molar-refractivity contribution in [1.29, 1.82) is 0 Å². The van der Waals surface area contributed by atoms with Crippen LogP contribution in [0.3, 0.4) is 0 Å². The van der Waals surface area contributed by atoms with Gasteiger partial charge in [-0.3, -0.25) is 14.7 Å². The van der Waals surface area contributed by atoms with Gasteiger partial charge < -0.3 is 4.74 Å². The third-order valence-electron chi connectivity index (χ3n) is 4.62. The molecule has 2 aromatic carbocycles. The second kappa shape index (κ2) is 8.41. The van der Waals surface area contributed by atoms with E-state index < -0.39 is 0 Å². The van der Waals surface area contributed by atoms with Crippen LogP contribution in [-0.2, 0) is 17.8 Å². The van der Waals surface area contributed by atoms with E-state index in [2.05, 4.69) is 4.98 Å². The Morgan fingerprint density at radius 1 is 1.10 bits per heavy atom. The predicted octanol–water partition coefficient (Wildman–Crippen LogP) is 4.78. The Kier molecular flexibility index (Phi) is 5.53. The molecule has 0 fully saturated rings. The second-order valence-corrected chi connectivity index (χ2v) is 7.85. The number of hydrogen-bond donors (Lipinski definition) is 0. The summed E-state index contributed by atoms with van der Waals surface area (Å²) in [6.07, 6.45) is 3.83. The SMILES string of the molecule is COc1ccc2sc(N(Cc3cccnc3)C(=O)Cc3cccc(C)c3)nc2c1. The molecule has 0 radical (unpaired) electrons. The fraction of sp³-hybridized carbons (Fsp3) is 0.174. The van der Waals surface area contributed by atoms with Crippen molar-refractivity contribution in [3.8, 4) is 5.75 Å². The maximum absolute atomic E-state index is 13.3. The first kappa shape index (κ1) is 19.1. The van der Waals surface area contributed by atoms with E-state index >= 15 is 0 Å². The van der Waals surface area contributed by atoms with Gasteiger partial charge in [-0.1, -0.05) is 47.2 Å². The third-order valence-corrected chi connectivity index (χ3v) is 5.68. The molecule has 0 aliphatic heterocycles. The molecule has 0 saturated carbocycles. The van der Waals surface area contributed by atoms with Crippen molar-refractivity contribution < 1.29 is 9.53 Å². The number of fused-ring (bicyclic) bond motifs is 1. The van der Waals surface area contributed by atoms with E-state index in [1.807, 2.05) is 61.5 Å². The van der Waals surface area contributed by atoms with Gasteiger partial charge in [0, 0.05) is 18.5 Å². The zero-order valence-electron chi connectivity index (χ0n) is 16.3. The number of pyridine rings is 1. The van der Waals surface area contributed by atoms with E-state index in [1.165, 1.54) is 11.3 Å². The molecule has 4 rings (SSSR count). The van der Waals surface area contributed by atoms with Crippen LogP contribution in [0.4, 0.5) is 5.13 Å². The Labute approximate surface area is 173 Å². The van der Waals surface area contributed by atoms with E-state index in [0.29, 0.717) is 18.1 Å². The lowest BCUT2D eigenvalue weighted by Gasteiger charge is -2.20. The lowest BCUT2D eigenvalue weighted by molar-refractivity contribution is -0.118. The zero-order chi connectivity index (χ0) is 20.2. The average molecular weight is 404 g/mol. The topological polar surface area (TPSA) is 55.3 Å². The molecule has 0 bridgehead atoms. The maximum atomic E-state index is 13.3. The Morgan fingerprint density at radius 3 is 2.72 bits per heavy atom. The van der Waals surface area contributed by atoms with Crippen LogP contribution in [0.25, 0.3) is 10.2 Å². The molecule has 0 aliphatic rings. The molecule has 0 atom stereocenters. The number of hydrogen-bond acceptors (Lipinski definition) is 5. The van der Waals surface area contributed by atoms with E-state index in [-0.39, 0.29) is 5.91 Å². The minimum atomic E-state index is 0.00507. The van der Waals surface area contributed by atoms with Crippen LogP contribution in [0.1, 0.15) is 16.7 Å². The summed E-state index contributed by atoms with van der Waals surface area (Å²) in [5, 5.41) is 0.676. The van der Waals surface area contributed by atoms with Gasteiger partial charge >= 0.3 is 0 Å². The fourth-order valence-corrected chi connectivity index (χ4v) is 4.13. The monoisotopic (exact) mass is 403 g/mol. The van der Waals surface area contributed by atoms with Crippen LogP contribution in [0.2, 0.25) is 0 Å². The summed E-state index contributed by atoms with van der Waals surface area (Å²) < 4.78 is 6.32. The second-order valence-electron chi connectivity index (χ2n) is 6.84. The quantitative estimate of drug-likeness (QED) is 0.465. The number of ether oxygens (including phenoxy) is 1. The number of thiazole rings is 1. The van der Waals surface area contributed by atoms with E-state index in [9.17, 15) is 4.79 Å². The summed E-state index contributed by atoms with van der Waals surface area (Å²) in [5.41, 5.74) is 3.92. The van der Waals surface area contributed by atoms with Crippen molar-refractivity contribution in [3.63, 3.8) is 0 Å². The predicted molar refractivity (Wildman–Crippen MR) is 116 cm³/mol. The molecule has 0 spiro atoms. The Morgan fingerprint density at radius 2 is 1.97 bits per heavy atom. The van der Waals surface area contributed by atoms with Crippen LogP contribution in [0.5, 0.6) is 5.75 Å². The summed E-state index contributed by atoms with van der Waals surface area (Å²) >= 11 is 1.50. The highest BCUT2D eigenvalue weighted by Crippen LogP contribution is 2.32. The molecular formula is C23H21N3O2S. The minimum absolute atomic E-state index is 0.00507. The van der Waals surface area contributed by atoms with Gasteiger partial charge in [0.2, 0.25) is 5.91 Å². The van der Waals surface area contributed by atoms with E-state index in [0.717, 1.165) is 32.7 Å². The highest BCUT2D eigenvalue weighted by molar-refractivity contribution is 7.22. The third kappa shape index (κ3) is 4.43. The number of carbonyl (C=O) groups excluding carboxylic acids is 1. The number of benzene rings is 2. The summed E-state index contributed by atoms with van der Waals surface area (Å²) in [5.74, 6) is 0.754. The Bertz CT molecular complexity index is 1140. The summed E-state index contributed by atoms with van der Waals surface area (Å²) in [4.78, 5) is 23.9. The number of aromatic nitrogens is 2. The first-order valence-electron chi connectivity index (χ1n) is 9.32. The molecule has 0 unspecified atom stereocenters. The van der Waals surface area contributed by atoms with Gasteiger partial charge in [-0.25, -0.2) is 4.98 Å². The molecule has 2 heterocycles. The van der Waals surface area contributed by atoms with Crippen molar-refractivity contribution in [2.75, 3.05) is 12.0 Å². The fourth-order valence-electron chi connectivity index (χ4n) is 3.17. The lowest BCUT2D eigenvalue weighted by Crippen LogP contribution is -2.31. The summed E-state index contributed by atoms with van der Waals surface area (Å²) in [7, 11) is 1.63. The molecule has 29 heavy (non-hydrogen) atoms. The van der Waals surface area contributed by atoms with Gasteiger partial charge in [-0.2, -0.15) is 0 Å². The van der Waals surface area contributed by atoms with Crippen molar-refractivity contribution in [1.82, 2.24) is 9.97 Å². The number of rotatable bonds is 6. The minimum Gasteiger partial charge on any atom is -0.497 e. The van der Waals surface area contributed by atoms with Gasteiger partial charge in [0.15, 0.2) is 5.13 Å². The Hall–Kier alpha value is -3.25. The van der Waals surface area contributed by atoms with E-state index in [1.54, 1.807) is 24.4 Å². The first-order valence-corrected chi connectivity index (χ1v) is 10.1. The van der Waals surface area contributed by atoms with Crippen LogP contribution < -0.4 is 9.64 Å². The molecule has 1 amide bonds. The van der Waals surface area contributed by atoms with E-state index in [4.69, 9.17) is 9.72 Å². The number of carbonyl (C=O) groups is 1. The smallest absolute Gasteiger partial charge is 0.233 e. The molecule has 0 saturated heterocycles. The molecule has 0 N–H and O–H groups in total. The standard InChI is InChI=1S/C23H21N3O2S/c1-16-5-3-6-17(11-16)12-22(27)26(15-18-7-4-10-24-14-18)23-25-20-13-19(28-2)8-9-21(20)29-23/h3-11,13-14H,12,15H2,1-2H3. The van der Waals surface area contributed by atoms with Crippen molar-refractivity contribution in [2.45, 2.75) is 19.9 Å². The zero-order valence-corrected chi connectivity index (χ0v) is 17.1. The molecule has 2 aromatic heterocycles. The normalized spacial score (nSPS) is 10.8. The van der Waals surface area contributed by atoms with Crippen LogP contribution in [0.15, 0.2) is 67.0 Å². The highest BCUT2D eigenvalue weighted by atomic mass is 32.1. The van der Waals surface area contributed by atoms with Crippen molar-refractivity contribution in [3.05, 3.63) is 83.7 Å². The largest absolute Gasteiger partial charge is 0.497 e. The average Bonchev–Trinajstić information content (AvgIpc) is 3.15.